The van der Waals surface area contributed by atoms with Crippen LogP contribution in [0.15, 0.2) is 58.5 Å². The highest BCUT2D eigenvalue weighted by molar-refractivity contribution is 6.43. The third kappa shape index (κ3) is 14.7. The minimum absolute atomic E-state index is 1.01. The molecule has 0 amide bonds. The van der Waals surface area contributed by atoms with Crippen LogP contribution >= 0.6 is 0 Å². The Kier molecular flexibility index (Phi) is 18.3. The molecule has 2 heteroatoms. The molecule has 2 aromatic carbocycles. The Morgan fingerprint density at radius 3 is 1.23 bits per heavy atom. The van der Waals surface area contributed by atoms with Crippen LogP contribution in [-0.4, -0.2) is 11.4 Å². The van der Waals surface area contributed by atoms with Gasteiger partial charge in [0.15, 0.2) is 0 Å². The van der Waals surface area contributed by atoms with E-state index in [2.05, 4.69) is 76.2 Å². The van der Waals surface area contributed by atoms with E-state index < -0.39 is 0 Å². The van der Waals surface area contributed by atoms with Crippen molar-refractivity contribution in [2.45, 2.75) is 150 Å². The maximum atomic E-state index is 5.26. The van der Waals surface area contributed by atoms with E-state index in [9.17, 15) is 0 Å². The molecule has 0 aromatic heterocycles. The van der Waals surface area contributed by atoms with E-state index in [4.69, 9.17) is 9.98 Å². The summed E-state index contributed by atoms with van der Waals surface area (Å²) in [4.78, 5) is 10.5. The first-order valence-electron chi connectivity index (χ1n) is 16.5. The number of rotatable bonds is 22. The summed E-state index contributed by atoms with van der Waals surface area (Å²) in [6.45, 7) is 9.00. The minimum Gasteiger partial charge on any atom is -0.252 e. The van der Waals surface area contributed by atoms with Crippen LogP contribution in [0.5, 0.6) is 0 Å². The molecule has 0 bridgehead atoms. The van der Waals surface area contributed by atoms with Gasteiger partial charge in [-0.2, -0.15) is 0 Å². The highest BCUT2D eigenvalue weighted by atomic mass is 14.8. The second kappa shape index (κ2) is 21.6. The van der Waals surface area contributed by atoms with Gasteiger partial charge >= 0.3 is 0 Å². The second-order valence-corrected chi connectivity index (χ2v) is 11.3. The zero-order valence-electron chi connectivity index (χ0n) is 25.9. The van der Waals surface area contributed by atoms with Gasteiger partial charge in [-0.3, -0.25) is 9.98 Å². The summed E-state index contributed by atoms with van der Waals surface area (Å²) in [5.74, 6) is 0. The van der Waals surface area contributed by atoms with Gasteiger partial charge in [-0.15, -0.1) is 0 Å². The fourth-order valence-electron chi connectivity index (χ4n) is 5.21. The van der Waals surface area contributed by atoms with Crippen LogP contribution in [0.3, 0.4) is 0 Å². The smallest absolute Gasteiger partial charge is 0.0636 e. The van der Waals surface area contributed by atoms with Crippen LogP contribution in [0, 0.1) is 0 Å². The van der Waals surface area contributed by atoms with Gasteiger partial charge in [0.25, 0.3) is 0 Å². The van der Waals surface area contributed by atoms with Crippen LogP contribution in [-0.2, 0) is 12.8 Å². The largest absolute Gasteiger partial charge is 0.252 e. The molecular weight excluding hydrogens is 472 g/mol. The van der Waals surface area contributed by atoms with Crippen molar-refractivity contribution in [3.8, 4) is 0 Å². The summed E-state index contributed by atoms with van der Waals surface area (Å²) < 4.78 is 0. The Balaban J connectivity index is 2.06. The Morgan fingerprint density at radius 1 is 0.462 bits per heavy atom. The lowest BCUT2D eigenvalue weighted by molar-refractivity contribution is 0.546. The number of hydrogen-bond acceptors (Lipinski definition) is 2. The van der Waals surface area contributed by atoms with Gasteiger partial charge < -0.3 is 0 Å². The van der Waals surface area contributed by atoms with Crippen LogP contribution < -0.4 is 0 Å². The Bertz CT molecular complexity index is 955. The zero-order valence-corrected chi connectivity index (χ0v) is 25.9. The topological polar surface area (TPSA) is 24.7 Å². The van der Waals surface area contributed by atoms with Gasteiger partial charge in [0.05, 0.1) is 22.8 Å². The summed E-state index contributed by atoms with van der Waals surface area (Å²) in [6.07, 6.45) is 24.2. The third-order valence-electron chi connectivity index (χ3n) is 7.78. The first kappa shape index (κ1) is 33.0. The maximum absolute atomic E-state index is 5.26. The highest BCUT2D eigenvalue weighted by Crippen LogP contribution is 2.22. The van der Waals surface area contributed by atoms with Gasteiger partial charge in [0.1, 0.15) is 0 Å². The lowest BCUT2D eigenvalue weighted by Gasteiger charge is -2.12. The molecule has 216 valence electrons. The lowest BCUT2D eigenvalue weighted by atomic mass is 10.00. The van der Waals surface area contributed by atoms with Gasteiger partial charge in [0.2, 0.25) is 0 Å². The van der Waals surface area contributed by atoms with Crippen LogP contribution in [0.4, 0.5) is 11.4 Å². The molecule has 0 saturated carbocycles. The van der Waals surface area contributed by atoms with Crippen molar-refractivity contribution in [3.05, 3.63) is 59.7 Å². The van der Waals surface area contributed by atoms with Gasteiger partial charge in [-0.05, 0) is 73.9 Å². The molecule has 0 N–H and O–H groups in total. The summed E-state index contributed by atoms with van der Waals surface area (Å²) in [7, 11) is 0. The molecule has 39 heavy (non-hydrogen) atoms. The molecule has 0 heterocycles. The van der Waals surface area contributed by atoms with Crippen molar-refractivity contribution in [1.29, 1.82) is 0 Å². The van der Waals surface area contributed by atoms with Crippen molar-refractivity contribution < 1.29 is 0 Å². The summed E-state index contributed by atoms with van der Waals surface area (Å²) in [5, 5.41) is 0. The molecule has 0 fully saturated rings. The number of nitrogens with zero attached hydrogens (tertiary/aromatic N) is 2. The van der Waals surface area contributed by atoms with Crippen LogP contribution in [0.25, 0.3) is 0 Å². The van der Waals surface area contributed by atoms with E-state index in [-0.39, 0.29) is 0 Å². The van der Waals surface area contributed by atoms with Crippen molar-refractivity contribution in [1.82, 2.24) is 0 Å². The number of benzene rings is 2. The molecular formula is C37H58N2. The fraction of sp³-hybridized carbons (Fsp3) is 0.622. The standard InChI is InChI=1S/C37H58N2/c1-5-9-11-12-13-14-15-16-17-18-19-21-29-37(39-35-27-23-25-33(8-4)31-35)36(28-20-10-6-2)38-34-26-22-24-32(7-3)30-34/h22-27,30-31H,5-21,28-29H2,1-4H3. The first-order chi connectivity index (χ1) is 19.2. The molecule has 0 unspecified atom stereocenters. The molecule has 0 atom stereocenters. The molecule has 0 aliphatic carbocycles. The lowest BCUT2D eigenvalue weighted by Crippen LogP contribution is -2.14. The number of unbranched alkanes of at least 4 members (excludes halogenated alkanes) is 13. The fourth-order valence-corrected chi connectivity index (χ4v) is 5.21. The van der Waals surface area contributed by atoms with E-state index in [1.165, 1.54) is 119 Å². The SMILES string of the molecule is CCCCCCCCCCCCCCC(=Nc1cccc(CC)c1)C(CCCCC)=Nc1cccc(CC)c1. The average molecular weight is 531 g/mol. The highest BCUT2D eigenvalue weighted by Gasteiger charge is 2.11. The van der Waals surface area contributed by atoms with E-state index in [1.807, 2.05) is 0 Å². The predicted molar refractivity (Wildman–Crippen MR) is 176 cm³/mol. The van der Waals surface area contributed by atoms with Crippen molar-refractivity contribution in [2.75, 3.05) is 0 Å². The summed E-state index contributed by atoms with van der Waals surface area (Å²) >= 11 is 0. The quantitative estimate of drug-likeness (QED) is 0.107. The summed E-state index contributed by atoms with van der Waals surface area (Å²) in [5.41, 5.74) is 7.25. The molecule has 2 rings (SSSR count). The van der Waals surface area contributed by atoms with E-state index in [0.717, 1.165) is 37.1 Å². The average Bonchev–Trinajstić information content (AvgIpc) is 2.97. The number of hydrogen-bond donors (Lipinski definition) is 0. The van der Waals surface area contributed by atoms with Crippen molar-refractivity contribution in [3.63, 3.8) is 0 Å². The Morgan fingerprint density at radius 2 is 0.821 bits per heavy atom. The predicted octanol–water partition coefficient (Wildman–Crippen LogP) is 12.3. The van der Waals surface area contributed by atoms with Crippen LogP contribution in [0.2, 0.25) is 0 Å². The Labute approximate surface area is 241 Å². The van der Waals surface area contributed by atoms with E-state index in [1.54, 1.807) is 0 Å². The van der Waals surface area contributed by atoms with Gasteiger partial charge in [0, 0.05) is 0 Å². The molecule has 0 radical (unpaired) electrons. The molecule has 0 spiro atoms. The second-order valence-electron chi connectivity index (χ2n) is 11.3. The van der Waals surface area contributed by atoms with E-state index >= 15 is 0 Å². The first-order valence-corrected chi connectivity index (χ1v) is 16.5. The summed E-state index contributed by atoms with van der Waals surface area (Å²) in [6, 6.07) is 17.5. The third-order valence-corrected chi connectivity index (χ3v) is 7.78. The maximum Gasteiger partial charge on any atom is 0.0636 e. The van der Waals surface area contributed by atoms with Gasteiger partial charge in [-0.25, -0.2) is 0 Å². The molecule has 2 nitrogen and oxygen atoms in total. The van der Waals surface area contributed by atoms with Gasteiger partial charge in [-0.1, -0.05) is 135 Å². The number of aryl methyl sites for hydroxylation is 2. The molecule has 2 aromatic rings. The van der Waals surface area contributed by atoms with Crippen molar-refractivity contribution in [2.24, 2.45) is 9.98 Å². The zero-order chi connectivity index (χ0) is 28.0. The normalized spacial score (nSPS) is 12.3. The molecule has 0 aliphatic rings. The monoisotopic (exact) mass is 530 g/mol. The molecule has 0 saturated heterocycles. The van der Waals surface area contributed by atoms with Crippen LogP contribution in [0.1, 0.15) is 148 Å². The Hall–Kier alpha value is -2.22. The minimum atomic E-state index is 1.01. The molecule has 0 aliphatic heterocycles. The number of aliphatic imine (C=N–C) groups is 2. The van der Waals surface area contributed by atoms with Crippen molar-refractivity contribution >= 4 is 22.8 Å². The van der Waals surface area contributed by atoms with E-state index in [0.29, 0.717) is 0 Å².